The van der Waals surface area contributed by atoms with E-state index in [1.54, 1.807) is 0 Å². The van der Waals surface area contributed by atoms with Crippen LogP contribution in [0.15, 0.2) is 48.5 Å². The summed E-state index contributed by atoms with van der Waals surface area (Å²) in [4.78, 5) is 12.1. The van der Waals surface area contributed by atoms with E-state index in [1.165, 1.54) is 16.1 Å². The van der Waals surface area contributed by atoms with Gasteiger partial charge in [-0.15, -0.1) is 0 Å². The molecule has 0 aliphatic heterocycles. The number of anilines is 1. The molecule has 0 aromatic heterocycles. The van der Waals surface area contributed by atoms with E-state index in [-0.39, 0.29) is 24.3 Å². The first-order valence-electron chi connectivity index (χ1n) is 11.1. The van der Waals surface area contributed by atoms with Crippen LogP contribution in [0.4, 0.5) is 5.69 Å². The van der Waals surface area contributed by atoms with Crippen LogP contribution in [0.3, 0.4) is 0 Å². The number of carbonyl (C=O) groups is 1. The van der Waals surface area contributed by atoms with E-state index in [2.05, 4.69) is 45.1 Å². The molecule has 1 N–H and O–H groups in total. The molecule has 0 aliphatic carbocycles. The highest BCUT2D eigenvalue weighted by Gasteiger charge is 2.17. The van der Waals surface area contributed by atoms with Crippen molar-refractivity contribution in [2.75, 3.05) is 30.3 Å². The van der Waals surface area contributed by atoms with Crippen LogP contribution >= 0.6 is 0 Å². The lowest BCUT2D eigenvalue weighted by atomic mass is 9.87. The Balaban J connectivity index is 1.74. The number of carbonyl (C=O) groups excluding carboxylic acids is 1. The third-order valence-electron chi connectivity index (χ3n) is 5.21. The molecule has 0 atom stereocenters. The Kier molecular flexibility index (Phi) is 9.13. The molecule has 0 spiro atoms. The third kappa shape index (κ3) is 8.19. The van der Waals surface area contributed by atoms with Crippen molar-refractivity contribution in [1.29, 1.82) is 0 Å². The van der Waals surface area contributed by atoms with Crippen molar-refractivity contribution in [2.45, 2.75) is 52.4 Å². The fourth-order valence-electron chi connectivity index (χ4n) is 3.27. The minimum absolute atomic E-state index is 0.0954. The molecular formula is C25H36N2O4S. The summed E-state index contributed by atoms with van der Waals surface area (Å²) < 4.78 is 31.4. The van der Waals surface area contributed by atoms with Gasteiger partial charge in [0.1, 0.15) is 12.4 Å². The van der Waals surface area contributed by atoms with Crippen LogP contribution in [0.1, 0.15) is 51.7 Å². The minimum Gasteiger partial charge on any atom is -0.492 e. The minimum atomic E-state index is -3.42. The van der Waals surface area contributed by atoms with Gasteiger partial charge in [0.25, 0.3) is 0 Å². The van der Waals surface area contributed by atoms with Gasteiger partial charge in [0.15, 0.2) is 0 Å². The van der Waals surface area contributed by atoms with Crippen LogP contribution in [0.25, 0.3) is 0 Å². The lowest BCUT2D eigenvalue weighted by Gasteiger charge is -2.22. The highest BCUT2D eigenvalue weighted by molar-refractivity contribution is 7.92. The Morgan fingerprint density at radius 2 is 1.66 bits per heavy atom. The van der Waals surface area contributed by atoms with Crippen molar-refractivity contribution < 1.29 is 17.9 Å². The molecule has 0 aliphatic rings. The number of hydrogen-bond acceptors (Lipinski definition) is 4. The second-order valence-corrected chi connectivity index (χ2v) is 10.8. The molecule has 0 bridgehead atoms. The first-order chi connectivity index (χ1) is 15.0. The maximum atomic E-state index is 12.2. The lowest BCUT2D eigenvalue weighted by Crippen LogP contribution is -2.32. The Labute approximate surface area is 193 Å². The predicted octanol–water partition coefficient (Wildman–Crippen LogP) is 4.29. The monoisotopic (exact) mass is 460 g/mol. The molecule has 0 radical (unpaired) electrons. The molecular weight excluding hydrogens is 424 g/mol. The first kappa shape index (κ1) is 25.7. The van der Waals surface area contributed by atoms with E-state index in [4.69, 9.17) is 4.74 Å². The molecule has 7 heteroatoms. The quantitative estimate of drug-likeness (QED) is 0.508. The summed E-state index contributed by atoms with van der Waals surface area (Å²) in [5, 5.41) is 2.82. The fraction of sp³-hybridized carbons (Fsp3) is 0.480. The van der Waals surface area contributed by atoms with E-state index in [0.29, 0.717) is 25.3 Å². The highest BCUT2D eigenvalue weighted by Crippen LogP contribution is 2.24. The average Bonchev–Trinajstić information content (AvgIpc) is 2.73. The van der Waals surface area contributed by atoms with E-state index < -0.39 is 10.0 Å². The summed E-state index contributed by atoms with van der Waals surface area (Å²) >= 11 is 0. The van der Waals surface area contributed by atoms with Gasteiger partial charge in [-0.05, 0) is 53.6 Å². The Bertz CT molecular complexity index is 962. The van der Waals surface area contributed by atoms with Crippen LogP contribution in [-0.2, 0) is 26.7 Å². The summed E-state index contributed by atoms with van der Waals surface area (Å²) in [7, 11) is -3.42. The van der Waals surface area contributed by atoms with Gasteiger partial charge in [-0.3, -0.25) is 9.10 Å². The summed E-state index contributed by atoms with van der Waals surface area (Å²) in [5.41, 5.74) is 3.10. The number of rotatable bonds is 11. The number of nitrogens with one attached hydrogen (secondary N) is 1. The van der Waals surface area contributed by atoms with Crippen molar-refractivity contribution >= 4 is 21.6 Å². The van der Waals surface area contributed by atoms with Gasteiger partial charge < -0.3 is 10.1 Å². The Morgan fingerprint density at radius 3 is 2.19 bits per heavy atom. The van der Waals surface area contributed by atoms with Crippen LogP contribution in [0.5, 0.6) is 5.75 Å². The SMILES string of the molecule is CCc1ccc(N(CCCC(=O)NCCOc2ccc(C(C)(C)C)cc2)S(C)(=O)=O)cc1. The lowest BCUT2D eigenvalue weighted by molar-refractivity contribution is -0.121. The number of aryl methyl sites for hydroxylation is 1. The van der Waals surface area contributed by atoms with Crippen molar-refractivity contribution in [3.05, 3.63) is 59.7 Å². The van der Waals surface area contributed by atoms with Crippen LogP contribution in [-0.4, -0.2) is 40.3 Å². The Hall–Kier alpha value is -2.54. The van der Waals surface area contributed by atoms with Gasteiger partial charge in [-0.25, -0.2) is 8.42 Å². The number of nitrogens with zero attached hydrogens (tertiary/aromatic N) is 1. The molecule has 0 fully saturated rings. The molecule has 0 saturated heterocycles. The van der Waals surface area contributed by atoms with Crippen molar-refractivity contribution in [1.82, 2.24) is 5.32 Å². The number of hydrogen-bond donors (Lipinski definition) is 1. The molecule has 176 valence electrons. The summed E-state index contributed by atoms with van der Waals surface area (Å²) in [6.07, 6.45) is 2.76. The van der Waals surface area contributed by atoms with Gasteiger partial charge in [-0.2, -0.15) is 0 Å². The van der Waals surface area contributed by atoms with Gasteiger partial charge in [0.2, 0.25) is 15.9 Å². The maximum absolute atomic E-state index is 12.2. The largest absolute Gasteiger partial charge is 0.492 e. The molecule has 32 heavy (non-hydrogen) atoms. The van der Waals surface area contributed by atoms with Crippen LogP contribution in [0, 0.1) is 0 Å². The molecule has 6 nitrogen and oxygen atoms in total. The topological polar surface area (TPSA) is 75.7 Å². The zero-order chi connectivity index (χ0) is 23.8. The molecule has 2 rings (SSSR count). The third-order valence-corrected chi connectivity index (χ3v) is 6.41. The average molecular weight is 461 g/mol. The number of amides is 1. The van der Waals surface area contributed by atoms with Gasteiger partial charge in [0.05, 0.1) is 18.5 Å². The predicted molar refractivity (Wildman–Crippen MR) is 131 cm³/mol. The Morgan fingerprint density at radius 1 is 1.03 bits per heavy atom. The molecule has 0 heterocycles. The molecule has 2 aromatic rings. The van der Waals surface area contributed by atoms with Crippen molar-refractivity contribution in [3.8, 4) is 5.75 Å². The fourth-order valence-corrected chi connectivity index (χ4v) is 4.23. The number of ether oxygens (including phenoxy) is 1. The number of sulfonamides is 1. The highest BCUT2D eigenvalue weighted by atomic mass is 32.2. The molecule has 2 aromatic carbocycles. The molecule has 0 saturated carbocycles. The standard InChI is InChI=1S/C25H36N2O4S/c1-6-20-9-13-22(14-10-20)27(32(5,29)30)18-7-8-24(28)26-17-19-31-23-15-11-21(12-16-23)25(2,3)4/h9-16H,6-8,17-19H2,1-5H3,(H,26,28). The molecule has 0 unspecified atom stereocenters. The van der Waals surface area contributed by atoms with E-state index in [0.717, 1.165) is 17.7 Å². The summed E-state index contributed by atoms with van der Waals surface area (Å²) in [6.45, 7) is 9.57. The van der Waals surface area contributed by atoms with E-state index >= 15 is 0 Å². The van der Waals surface area contributed by atoms with Gasteiger partial charge in [0, 0.05) is 13.0 Å². The second-order valence-electron chi connectivity index (χ2n) is 8.93. The zero-order valence-corrected chi connectivity index (χ0v) is 20.7. The first-order valence-corrected chi connectivity index (χ1v) is 12.9. The van der Waals surface area contributed by atoms with E-state index in [9.17, 15) is 13.2 Å². The number of benzene rings is 2. The summed E-state index contributed by atoms with van der Waals surface area (Å²) in [6, 6.07) is 15.5. The van der Waals surface area contributed by atoms with Gasteiger partial charge in [-0.1, -0.05) is 52.0 Å². The second kappa shape index (κ2) is 11.4. The van der Waals surface area contributed by atoms with Gasteiger partial charge >= 0.3 is 0 Å². The van der Waals surface area contributed by atoms with Crippen LogP contribution in [0.2, 0.25) is 0 Å². The summed E-state index contributed by atoms with van der Waals surface area (Å²) in [5.74, 6) is 0.650. The van der Waals surface area contributed by atoms with Crippen molar-refractivity contribution in [2.24, 2.45) is 0 Å². The van der Waals surface area contributed by atoms with Crippen molar-refractivity contribution in [3.63, 3.8) is 0 Å². The maximum Gasteiger partial charge on any atom is 0.232 e. The smallest absolute Gasteiger partial charge is 0.232 e. The van der Waals surface area contributed by atoms with E-state index in [1.807, 2.05) is 36.4 Å². The normalized spacial score (nSPS) is 11.8. The zero-order valence-electron chi connectivity index (χ0n) is 19.8. The molecule has 1 amide bonds. The van der Waals surface area contributed by atoms with Crippen LogP contribution < -0.4 is 14.4 Å².